The molecule has 0 aromatic carbocycles. The van der Waals surface area contributed by atoms with E-state index in [0.29, 0.717) is 19.0 Å². The minimum atomic E-state index is -3.18. The van der Waals surface area contributed by atoms with E-state index in [1.54, 1.807) is 0 Å². The van der Waals surface area contributed by atoms with Crippen molar-refractivity contribution in [2.45, 2.75) is 32.9 Å². The Hall–Kier alpha value is 0.0500. The van der Waals surface area contributed by atoms with E-state index in [4.69, 9.17) is 0 Å². The quantitative estimate of drug-likeness (QED) is 0.704. The number of thiophene rings is 1. The summed E-state index contributed by atoms with van der Waals surface area (Å²) in [4.78, 5) is 0.999. The Morgan fingerprint density at radius 2 is 2.17 bits per heavy atom. The van der Waals surface area contributed by atoms with Crippen LogP contribution in [0.1, 0.15) is 25.1 Å². The fourth-order valence-electron chi connectivity index (χ4n) is 1.35. The Balaban J connectivity index is 2.30. The van der Waals surface area contributed by atoms with E-state index in [2.05, 4.69) is 26.0 Å². The average Bonchev–Trinajstić information content (AvgIpc) is 2.68. The molecule has 0 aliphatic heterocycles. The zero-order valence-corrected chi connectivity index (χ0v) is 13.8. The molecule has 7 heteroatoms. The highest BCUT2D eigenvalue weighted by atomic mass is 79.9. The molecule has 0 aliphatic carbocycles. The maximum absolute atomic E-state index is 11.7. The highest BCUT2D eigenvalue weighted by Crippen LogP contribution is 2.22. The molecule has 0 atom stereocenters. The van der Waals surface area contributed by atoms with Crippen LogP contribution in [0.15, 0.2) is 15.9 Å². The first-order valence-corrected chi connectivity index (χ1v) is 9.16. The van der Waals surface area contributed by atoms with Crippen LogP contribution in [-0.4, -0.2) is 26.8 Å². The van der Waals surface area contributed by atoms with Crippen LogP contribution in [-0.2, 0) is 16.6 Å². The smallest absolute Gasteiger partial charge is 0.211 e. The van der Waals surface area contributed by atoms with Crippen LogP contribution < -0.4 is 10.0 Å². The van der Waals surface area contributed by atoms with Gasteiger partial charge in [-0.25, -0.2) is 13.1 Å². The van der Waals surface area contributed by atoms with Gasteiger partial charge in [-0.3, -0.25) is 0 Å². The topological polar surface area (TPSA) is 58.2 Å². The van der Waals surface area contributed by atoms with Gasteiger partial charge in [-0.2, -0.15) is 0 Å². The standard InChI is InChI=1S/C11H19BrN2O2S2/c1-9(2)13-5-3-7-18(15,16)14-8-11-10(12)4-6-17-11/h4,6,9,13-14H,3,5,7-8H2,1-2H3. The Bertz CT molecular complexity index is 457. The second kappa shape index (κ2) is 7.59. The first kappa shape index (κ1) is 16.1. The summed E-state index contributed by atoms with van der Waals surface area (Å²) in [7, 11) is -3.18. The van der Waals surface area contributed by atoms with Crippen LogP contribution in [0.3, 0.4) is 0 Å². The second-order valence-electron chi connectivity index (χ2n) is 4.29. The van der Waals surface area contributed by atoms with Crippen LogP contribution in [0.5, 0.6) is 0 Å². The van der Waals surface area contributed by atoms with E-state index < -0.39 is 10.0 Å². The molecule has 2 N–H and O–H groups in total. The number of rotatable bonds is 8. The zero-order chi connectivity index (χ0) is 13.6. The lowest BCUT2D eigenvalue weighted by Gasteiger charge is -2.09. The van der Waals surface area contributed by atoms with E-state index in [0.717, 1.165) is 15.9 Å². The second-order valence-corrected chi connectivity index (χ2v) is 8.08. The van der Waals surface area contributed by atoms with Crippen molar-refractivity contribution in [2.75, 3.05) is 12.3 Å². The summed E-state index contributed by atoms with van der Waals surface area (Å²) in [6, 6.07) is 2.31. The Morgan fingerprint density at radius 1 is 1.44 bits per heavy atom. The van der Waals surface area contributed by atoms with E-state index >= 15 is 0 Å². The number of halogens is 1. The molecule has 4 nitrogen and oxygen atoms in total. The van der Waals surface area contributed by atoms with Gasteiger partial charge in [0, 0.05) is 21.9 Å². The van der Waals surface area contributed by atoms with Crippen LogP contribution in [0.4, 0.5) is 0 Å². The summed E-state index contributed by atoms with van der Waals surface area (Å²) in [6.07, 6.45) is 0.624. The first-order chi connectivity index (χ1) is 8.41. The Morgan fingerprint density at radius 3 is 2.72 bits per heavy atom. The molecule has 1 aromatic heterocycles. The molecule has 1 heterocycles. The normalized spacial score (nSPS) is 12.2. The monoisotopic (exact) mass is 354 g/mol. The van der Waals surface area contributed by atoms with Gasteiger partial charge in [0.25, 0.3) is 0 Å². The van der Waals surface area contributed by atoms with Crippen molar-refractivity contribution in [3.63, 3.8) is 0 Å². The molecular weight excluding hydrogens is 336 g/mol. The lowest BCUT2D eigenvalue weighted by Crippen LogP contribution is -2.29. The Labute approximate surface area is 121 Å². The van der Waals surface area contributed by atoms with Gasteiger partial charge in [0.1, 0.15) is 0 Å². The third-order valence-electron chi connectivity index (χ3n) is 2.29. The van der Waals surface area contributed by atoms with Gasteiger partial charge < -0.3 is 5.32 Å². The van der Waals surface area contributed by atoms with Crippen molar-refractivity contribution in [1.82, 2.24) is 10.0 Å². The molecule has 0 bridgehead atoms. The molecule has 0 amide bonds. The predicted molar refractivity (Wildman–Crippen MR) is 80.4 cm³/mol. The van der Waals surface area contributed by atoms with Gasteiger partial charge in [-0.1, -0.05) is 13.8 Å². The highest BCUT2D eigenvalue weighted by molar-refractivity contribution is 9.10. The molecule has 0 saturated heterocycles. The third kappa shape index (κ3) is 6.29. The summed E-state index contributed by atoms with van der Waals surface area (Å²) in [5.74, 6) is 0.162. The van der Waals surface area contributed by atoms with E-state index in [9.17, 15) is 8.42 Å². The predicted octanol–water partition coefficient (Wildman–Crippen LogP) is 2.32. The summed E-state index contributed by atoms with van der Waals surface area (Å²) >= 11 is 4.92. The molecule has 0 unspecified atom stereocenters. The zero-order valence-electron chi connectivity index (χ0n) is 10.6. The van der Waals surface area contributed by atoms with Crippen molar-refractivity contribution >= 4 is 37.3 Å². The van der Waals surface area contributed by atoms with Crippen LogP contribution in [0.2, 0.25) is 0 Å². The molecule has 1 aromatic rings. The lowest BCUT2D eigenvalue weighted by molar-refractivity contribution is 0.561. The van der Waals surface area contributed by atoms with E-state index in [1.807, 2.05) is 25.3 Å². The molecular formula is C11H19BrN2O2S2. The third-order valence-corrected chi connectivity index (χ3v) is 5.62. The minimum absolute atomic E-state index is 0.162. The average molecular weight is 355 g/mol. The van der Waals surface area contributed by atoms with Crippen molar-refractivity contribution < 1.29 is 8.42 Å². The molecule has 0 spiro atoms. The first-order valence-electron chi connectivity index (χ1n) is 5.83. The number of hydrogen-bond donors (Lipinski definition) is 2. The van der Waals surface area contributed by atoms with Crippen molar-refractivity contribution in [3.8, 4) is 0 Å². The van der Waals surface area contributed by atoms with Gasteiger partial charge in [0.15, 0.2) is 0 Å². The lowest BCUT2D eigenvalue weighted by atomic mass is 10.4. The molecule has 0 aliphatic rings. The van der Waals surface area contributed by atoms with E-state index in [1.165, 1.54) is 11.3 Å². The summed E-state index contributed by atoms with van der Waals surface area (Å²) < 4.78 is 27.0. The number of sulfonamides is 1. The van der Waals surface area contributed by atoms with Crippen molar-refractivity contribution in [3.05, 3.63) is 20.8 Å². The molecule has 0 radical (unpaired) electrons. The highest BCUT2D eigenvalue weighted by Gasteiger charge is 2.11. The van der Waals surface area contributed by atoms with Gasteiger partial charge in [0.2, 0.25) is 10.0 Å². The molecule has 0 fully saturated rings. The fraction of sp³-hybridized carbons (Fsp3) is 0.636. The Kier molecular flexibility index (Phi) is 6.79. The molecule has 104 valence electrons. The maximum Gasteiger partial charge on any atom is 0.211 e. The molecule has 0 saturated carbocycles. The van der Waals surface area contributed by atoms with Gasteiger partial charge in [0.05, 0.1) is 5.75 Å². The summed E-state index contributed by atoms with van der Waals surface area (Å²) in [5, 5.41) is 5.13. The SMILES string of the molecule is CC(C)NCCCS(=O)(=O)NCc1sccc1Br. The summed E-state index contributed by atoms with van der Waals surface area (Å²) in [6.45, 7) is 5.17. The number of hydrogen-bond acceptors (Lipinski definition) is 4. The van der Waals surface area contributed by atoms with Crippen LogP contribution in [0, 0.1) is 0 Å². The van der Waals surface area contributed by atoms with Crippen LogP contribution >= 0.6 is 27.3 Å². The van der Waals surface area contributed by atoms with Crippen LogP contribution in [0.25, 0.3) is 0 Å². The van der Waals surface area contributed by atoms with Gasteiger partial charge in [-0.15, -0.1) is 11.3 Å². The van der Waals surface area contributed by atoms with Gasteiger partial charge >= 0.3 is 0 Å². The molecule has 1 rings (SSSR count). The summed E-state index contributed by atoms with van der Waals surface area (Å²) in [5.41, 5.74) is 0. The largest absolute Gasteiger partial charge is 0.314 e. The van der Waals surface area contributed by atoms with E-state index in [-0.39, 0.29) is 5.75 Å². The molecule has 18 heavy (non-hydrogen) atoms. The van der Waals surface area contributed by atoms with Crippen molar-refractivity contribution in [1.29, 1.82) is 0 Å². The maximum atomic E-state index is 11.7. The minimum Gasteiger partial charge on any atom is -0.314 e. The number of nitrogens with one attached hydrogen (secondary N) is 2. The van der Waals surface area contributed by atoms with Crippen molar-refractivity contribution in [2.24, 2.45) is 0 Å². The fourth-order valence-corrected chi connectivity index (χ4v) is 3.91. The van der Waals surface area contributed by atoms with Gasteiger partial charge in [-0.05, 0) is 40.3 Å².